The first-order valence-electron chi connectivity index (χ1n) is 10.3. The third-order valence-corrected chi connectivity index (χ3v) is 6.33. The zero-order valence-corrected chi connectivity index (χ0v) is 18.1. The number of fused-ring (bicyclic) bond motifs is 1. The third-order valence-electron chi connectivity index (χ3n) is 5.41. The molecule has 0 saturated carbocycles. The summed E-state index contributed by atoms with van der Waals surface area (Å²) in [4.78, 5) is 32.9. The van der Waals surface area contributed by atoms with E-state index in [0.29, 0.717) is 22.6 Å². The van der Waals surface area contributed by atoms with Gasteiger partial charge in [0.1, 0.15) is 0 Å². The lowest BCUT2D eigenvalue weighted by Gasteiger charge is -2.22. The largest absolute Gasteiger partial charge is 0.316 e. The molecule has 0 atom stereocenters. The molecule has 0 fully saturated rings. The van der Waals surface area contributed by atoms with Crippen molar-refractivity contribution >= 4 is 28.6 Å². The van der Waals surface area contributed by atoms with Crippen molar-refractivity contribution in [3.63, 3.8) is 0 Å². The van der Waals surface area contributed by atoms with Gasteiger partial charge in [-0.05, 0) is 56.9 Å². The first-order valence-corrected chi connectivity index (χ1v) is 11.3. The molecule has 30 heavy (non-hydrogen) atoms. The van der Waals surface area contributed by atoms with E-state index in [0.717, 1.165) is 36.2 Å². The van der Waals surface area contributed by atoms with E-state index in [4.69, 9.17) is 4.98 Å². The molecule has 6 heteroatoms. The van der Waals surface area contributed by atoms with Crippen molar-refractivity contribution in [3.8, 4) is 5.69 Å². The molecule has 0 bridgehead atoms. The number of nitrogens with zero attached hydrogens (tertiary/aromatic N) is 3. The van der Waals surface area contributed by atoms with Crippen molar-refractivity contribution in [1.82, 2.24) is 14.5 Å². The molecule has 0 spiro atoms. The number of aromatic nitrogens is 2. The Morgan fingerprint density at radius 2 is 1.93 bits per heavy atom. The van der Waals surface area contributed by atoms with E-state index in [9.17, 15) is 9.59 Å². The normalized spacial score (nSPS) is 13.5. The van der Waals surface area contributed by atoms with Crippen LogP contribution in [-0.2, 0) is 4.79 Å². The zero-order chi connectivity index (χ0) is 21.1. The average Bonchev–Trinajstić information content (AvgIpc) is 3.28. The number of rotatable bonds is 6. The highest BCUT2D eigenvalue weighted by molar-refractivity contribution is 7.99. The van der Waals surface area contributed by atoms with Gasteiger partial charge in [-0.2, -0.15) is 0 Å². The second-order valence-electron chi connectivity index (χ2n) is 7.35. The van der Waals surface area contributed by atoms with E-state index in [2.05, 4.69) is 6.08 Å². The van der Waals surface area contributed by atoms with E-state index < -0.39 is 0 Å². The molecule has 1 aliphatic carbocycles. The maximum Gasteiger partial charge on any atom is 0.266 e. The van der Waals surface area contributed by atoms with Crippen LogP contribution in [0.4, 0.5) is 0 Å². The Labute approximate surface area is 180 Å². The van der Waals surface area contributed by atoms with Crippen LogP contribution in [-0.4, -0.2) is 32.7 Å². The molecule has 0 saturated heterocycles. The van der Waals surface area contributed by atoms with Gasteiger partial charge in [0.25, 0.3) is 5.56 Å². The van der Waals surface area contributed by atoms with Gasteiger partial charge in [0, 0.05) is 12.2 Å². The number of para-hydroxylation sites is 2. The first-order chi connectivity index (χ1) is 14.6. The van der Waals surface area contributed by atoms with Gasteiger partial charge in [-0.15, -0.1) is 0 Å². The zero-order valence-electron chi connectivity index (χ0n) is 17.3. The number of allylic oxidation sites excluding steroid dienone is 2. The summed E-state index contributed by atoms with van der Waals surface area (Å²) in [5.74, 6) is 0.288. The fourth-order valence-corrected chi connectivity index (χ4v) is 4.76. The van der Waals surface area contributed by atoms with Crippen LogP contribution < -0.4 is 5.56 Å². The molecule has 0 unspecified atom stereocenters. The summed E-state index contributed by atoms with van der Waals surface area (Å²) >= 11 is 1.32. The average molecular weight is 420 g/mol. The Morgan fingerprint density at radius 1 is 1.17 bits per heavy atom. The van der Waals surface area contributed by atoms with Crippen molar-refractivity contribution in [2.45, 2.75) is 38.3 Å². The van der Waals surface area contributed by atoms with Crippen molar-refractivity contribution in [3.05, 3.63) is 76.2 Å². The number of hydrogen-bond donors (Lipinski definition) is 0. The van der Waals surface area contributed by atoms with E-state index in [1.807, 2.05) is 61.2 Å². The molecule has 0 N–H and O–H groups in total. The van der Waals surface area contributed by atoms with Crippen molar-refractivity contribution in [2.24, 2.45) is 0 Å². The second kappa shape index (κ2) is 8.88. The Kier molecular flexibility index (Phi) is 6.04. The predicted octanol–water partition coefficient (Wildman–Crippen LogP) is 4.70. The predicted molar refractivity (Wildman–Crippen MR) is 122 cm³/mol. The number of carbonyl (C=O) groups is 1. The van der Waals surface area contributed by atoms with Crippen molar-refractivity contribution in [1.29, 1.82) is 0 Å². The maximum absolute atomic E-state index is 13.4. The van der Waals surface area contributed by atoms with E-state index in [1.54, 1.807) is 10.6 Å². The summed E-state index contributed by atoms with van der Waals surface area (Å²) in [6, 6.07) is 15.1. The molecule has 0 radical (unpaired) electrons. The highest BCUT2D eigenvalue weighted by Crippen LogP contribution is 2.26. The van der Waals surface area contributed by atoms with Crippen LogP contribution in [0.15, 0.2) is 70.3 Å². The molecule has 2 aromatic carbocycles. The number of carbonyl (C=O) groups excluding carboxylic acids is 1. The molecule has 1 aliphatic rings. The van der Waals surface area contributed by atoms with Crippen LogP contribution in [0.1, 0.15) is 31.7 Å². The summed E-state index contributed by atoms with van der Waals surface area (Å²) in [7, 11) is 0. The number of aryl methyl sites for hydroxylation is 1. The van der Waals surface area contributed by atoms with Crippen LogP contribution >= 0.6 is 11.8 Å². The van der Waals surface area contributed by atoms with Gasteiger partial charge in [-0.25, -0.2) is 4.98 Å². The third kappa shape index (κ3) is 3.92. The number of thioether (sulfide) groups is 1. The van der Waals surface area contributed by atoms with Crippen LogP contribution in [0.25, 0.3) is 16.6 Å². The highest BCUT2D eigenvalue weighted by Gasteiger charge is 2.21. The van der Waals surface area contributed by atoms with Gasteiger partial charge < -0.3 is 4.90 Å². The van der Waals surface area contributed by atoms with Gasteiger partial charge in [0.2, 0.25) is 5.91 Å². The molecular weight excluding hydrogens is 394 g/mol. The number of amides is 1. The van der Waals surface area contributed by atoms with E-state index >= 15 is 0 Å². The molecule has 0 aliphatic heterocycles. The van der Waals surface area contributed by atoms with Gasteiger partial charge in [-0.3, -0.25) is 14.2 Å². The molecule has 5 nitrogen and oxygen atoms in total. The Hall–Kier alpha value is -2.86. The van der Waals surface area contributed by atoms with Crippen molar-refractivity contribution < 1.29 is 4.79 Å². The minimum atomic E-state index is -0.115. The van der Waals surface area contributed by atoms with Crippen LogP contribution in [0, 0.1) is 6.92 Å². The summed E-state index contributed by atoms with van der Waals surface area (Å²) in [5.41, 5.74) is 3.42. The highest BCUT2D eigenvalue weighted by atomic mass is 32.2. The fraction of sp³-hybridized carbons (Fsp3) is 0.292. The molecular formula is C24H25N3O2S. The summed E-state index contributed by atoms with van der Waals surface area (Å²) in [5, 5.41) is 1.11. The minimum Gasteiger partial charge on any atom is -0.316 e. The molecule has 154 valence electrons. The Morgan fingerprint density at radius 3 is 2.67 bits per heavy atom. The SMILES string of the molecule is CCN(C(=O)CSc1nc2ccccc2c(=O)n1-c1ccccc1C)C1=CCCC1. The number of benzene rings is 2. The van der Waals surface area contributed by atoms with Crippen LogP contribution in [0.3, 0.4) is 0 Å². The van der Waals surface area contributed by atoms with Crippen LogP contribution in [0.5, 0.6) is 0 Å². The lowest BCUT2D eigenvalue weighted by molar-refractivity contribution is -0.126. The van der Waals surface area contributed by atoms with E-state index in [1.165, 1.54) is 11.8 Å². The summed E-state index contributed by atoms with van der Waals surface area (Å²) < 4.78 is 1.64. The van der Waals surface area contributed by atoms with Gasteiger partial charge in [0.05, 0.1) is 22.3 Å². The summed E-state index contributed by atoms with van der Waals surface area (Å²) in [6.07, 6.45) is 5.24. The fourth-order valence-electron chi connectivity index (χ4n) is 3.88. The molecule has 1 amide bonds. The summed E-state index contributed by atoms with van der Waals surface area (Å²) in [6.45, 7) is 4.63. The lowest BCUT2D eigenvalue weighted by Crippen LogP contribution is -2.31. The smallest absolute Gasteiger partial charge is 0.266 e. The first kappa shape index (κ1) is 20.4. The molecule has 4 rings (SSSR count). The monoisotopic (exact) mass is 419 g/mol. The quantitative estimate of drug-likeness (QED) is 0.429. The van der Waals surface area contributed by atoms with Crippen LogP contribution in [0.2, 0.25) is 0 Å². The standard InChI is InChI=1S/C24H25N3O2S/c1-3-26(18-11-5-6-12-18)22(28)16-30-24-25-20-14-8-7-13-19(20)23(29)27(24)21-15-9-4-10-17(21)2/h4,7-11,13-15H,3,5-6,12,16H2,1-2H3. The Balaban J connectivity index is 1.73. The maximum atomic E-state index is 13.4. The minimum absolute atomic E-state index is 0.0504. The van der Waals surface area contributed by atoms with Gasteiger partial charge in [0.15, 0.2) is 5.16 Å². The molecule has 1 aromatic heterocycles. The van der Waals surface area contributed by atoms with Gasteiger partial charge >= 0.3 is 0 Å². The molecule has 1 heterocycles. The van der Waals surface area contributed by atoms with E-state index in [-0.39, 0.29) is 17.2 Å². The number of hydrogen-bond acceptors (Lipinski definition) is 4. The Bertz CT molecular complexity index is 1180. The topological polar surface area (TPSA) is 55.2 Å². The molecule has 3 aromatic rings. The second-order valence-corrected chi connectivity index (χ2v) is 8.30. The van der Waals surface area contributed by atoms with Crippen molar-refractivity contribution in [2.75, 3.05) is 12.3 Å². The van der Waals surface area contributed by atoms with Gasteiger partial charge in [-0.1, -0.05) is 48.2 Å². The lowest BCUT2D eigenvalue weighted by atomic mass is 10.2.